The number of unbranched alkanes of at least 4 members (excludes halogenated alkanes) is 1. The molecule has 1 unspecified atom stereocenters. The Balaban J connectivity index is 1.07. The normalized spacial score (nSPS) is 11.9. The summed E-state index contributed by atoms with van der Waals surface area (Å²) in [6.45, 7) is 0.938. The van der Waals surface area contributed by atoms with Gasteiger partial charge in [-0.1, -0.05) is 84.9 Å². The number of fused-ring (bicyclic) bond motifs is 1. The monoisotopic (exact) mass is 785 g/mol. The first-order valence-electron chi connectivity index (χ1n) is 18.8. The molecule has 0 saturated carbocycles. The number of nitrogens with one attached hydrogen (secondary N) is 4. The van der Waals surface area contributed by atoms with Crippen LogP contribution in [0.3, 0.4) is 0 Å². The fourth-order valence-electron chi connectivity index (χ4n) is 6.04. The van der Waals surface area contributed by atoms with Crippen molar-refractivity contribution >= 4 is 40.6 Å². The smallest absolute Gasteiger partial charge is 0.408 e. The van der Waals surface area contributed by atoms with Crippen LogP contribution in [-0.4, -0.2) is 62.2 Å². The van der Waals surface area contributed by atoms with Crippen molar-refractivity contribution in [3.05, 3.63) is 126 Å². The SMILES string of the molecule is N#CCCNc1nonc1-c1nc2ccccc2n1CC(O)c1ccc(NC(=O)[C@H](CCCCNC(=O)OCc2ccccc2)NC(=O)OCc2ccccc2)cc1. The molecule has 0 aliphatic heterocycles. The number of benzene rings is 4. The van der Waals surface area contributed by atoms with Gasteiger partial charge in [-0.15, -0.1) is 0 Å². The highest BCUT2D eigenvalue weighted by atomic mass is 16.6. The maximum absolute atomic E-state index is 13.6. The summed E-state index contributed by atoms with van der Waals surface area (Å²) in [6, 6.07) is 33.8. The van der Waals surface area contributed by atoms with Crippen LogP contribution in [0.25, 0.3) is 22.6 Å². The number of anilines is 2. The minimum absolute atomic E-state index is 0.0338. The van der Waals surface area contributed by atoms with Gasteiger partial charge in [0.05, 0.1) is 36.2 Å². The van der Waals surface area contributed by atoms with Gasteiger partial charge in [0.1, 0.15) is 19.3 Å². The summed E-state index contributed by atoms with van der Waals surface area (Å²) in [6.07, 6.45) is -0.747. The maximum Gasteiger partial charge on any atom is 0.408 e. The maximum atomic E-state index is 13.6. The number of aliphatic hydroxyl groups is 1. The summed E-state index contributed by atoms with van der Waals surface area (Å²) in [5.74, 6) is 0.286. The van der Waals surface area contributed by atoms with Crippen LogP contribution in [0.2, 0.25) is 0 Å². The van der Waals surface area contributed by atoms with E-state index in [1.54, 1.807) is 24.3 Å². The molecular weight excluding hydrogens is 743 g/mol. The number of ether oxygens (including phenoxy) is 2. The van der Waals surface area contributed by atoms with E-state index in [0.717, 1.165) is 16.6 Å². The number of carbonyl (C=O) groups is 3. The third kappa shape index (κ3) is 11.4. The number of aliphatic hydroxyl groups excluding tert-OH is 1. The van der Waals surface area contributed by atoms with Gasteiger partial charge in [0.25, 0.3) is 0 Å². The van der Waals surface area contributed by atoms with Crippen LogP contribution >= 0.6 is 0 Å². The fourth-order valence-corrected chi connectivity index (χ4v) is 6.04. The van der Waals surface area contributed by atoms with Crippen LogP contribution in [0.4, 0.5) is 21.1 Å². The minimum Gasteiger partial charge on any atom is -0.445 e. The van der Waals surface area contributed by atoms with Gasteiger partial charge in [-0.3, -0.25) is 4.79 Å². The first-order valence-corrected chi connectivity index (χ1v) is 18.8. The molecule has 0 aliphatic rings. The molecule has 16 heteroatoms. The summed E-state index contributed by atoms with van der Waals surface area (Å²) < 4.78 is 17.5. The summed E-state index contributed by atoms with van der Waals surface area (Å²) in [4.78, 5) is 43.3. The van der Waals surface area contributed by atoms with Gasteiger partial charge in [-0.2, -0.15) is 5.26 Å². The van der Waals surface area contributed by atoms with Crippen molar-refractivity contribution in [2.75, 3.05) is 23.7 Å². The average molecular weight is 786 g/mol. The molecule has 298 valence electrons. The van der Waals surface area contributed by atoms with Gasteiger partial charge >= 0.3 is 12.2 Å². The van der Waals surface area contributed by atoms with E-state index in [2.05, 4.69) is 37.6 Å². The molecule has 0 saturated heterocycles. The number of nitriles is 1. The predicted octanol–water partition coefficient (Wildman–Crippen LogP) is 6.48. The molecule has 0 aliphatic carbocycles. The molecule has 0 fully saturated rings. The van der Waals surface area contributed by atoms with E-state index in [0.29, 0.717) is 60.0 Å². The van der Waals surface area contributed by atoms with Crippen LogP contribution in [0.5, 0.6) is 0 Å². The molecule has 2 heterocycles. The molecule has 0 radical (unpaired) electrons. The molecule has 58 heavy (non-hydrogen) atoms. The van der Waals surface area contributed by atoms with Gasteiger partial charge in [-0.25, -0.2) is 19.2 Å². The Bertz CT molecular complexity index is 2290. The van der Waals surface area contributed by atoms with Crippen molar-refractivity contribution in [2.24, 2.45) is 0 Å². The predicted molar refractivity (Wildman–Crippen MR) is 214 cm³/mol. The van der Waals surface area contributed by atoms with Gasteiger partial charge in [0.2, 0.25) is 11.7 Å². The third-order valence-electron chi connectivity index (χ3n) is 9.03. The van der Waals surface area contributed by atoms with E-state index in [-0.39, 0.29) is 32.6 Å². The zero-order chi connectivity index (χ0) is 40.5. The quantitative estimate of drug-likeness (QED) is 0.0558. The summed E-state index contributed by atoms with van der Waals surface area (Å²) in [5.41, 5.74) is 4.46. The second-order valence-electron chi connectivity index (χ2n) is 13.2. The van der Waals surface area contributed by atoms with Crippen LogP contribution in [-0.2, 0) is 34.0 Å². The fraction of sp³-hybridized carbons (Fsp3) is 0.262. The van der Waals surface area contributed by atoms with Crippen LogP contribution in [0.15, 0.2) is 114 Å². The summed E-state index contributed by atoms with van der Waals surface area (Å²) in [5, 5.41) is 39.6. The van der Waals surface area contributed by atoms with E-state index in [1.807, 2.05) is 89.5 Å². The van der Waals surface area contributed by atoms with Crippen molar-refractivity contribution in [3.8, 4) is 17.6 Å². The lowest BCUT2D eigenvalue weighted by Gasteiger charge is -2.19. The Morgan fingerprint density at radius 3 is 2.19 bits per heavy atom. The van der Waals surface area contributed by atoms with Gasteiger partial charge in [-0.05, 0) is 70.5 Å². The second-order valence-corrected chi connectivity index (χ2v) is 13.2. The Labute approximate surface area is 334 Å². The number of rotatable bonds is 19. The molecule has 4 aromatic carbocycles. The lowest BCUT2D eigenvalue weighted by Crippen LogP contribution is -2.44. The molecule has 2 aromatic heterocycles. The van der Waals surface area contributed by atoms with Crippen molar-refractivity contribution in [2.45, 2.75) is 57.6 Å². The Morgan fingerprint density at radius 1 is 0.810 bits per heavy atom. The van der Waals surface area contributed by atoms with Crippen LogP contribution in [0, 0.1) is 11.3 Å². The Morgan fingerprint density at radius 2 is 1.48 bits per heavy atom. The average Bonchev–Trinajstić information content (AvgIpc) is 3.87. The van der Waals surface area contributed by atoms with Crippen molar-refractivity contribution in [1.29, 1.82) is 5.26 Å². The first-order chi connectivity index (χ1) is 28.4. The number of alkyl carbamates (subject to hydrolysis) is 2. The number of nitrogens with zero attached hydrogens (tertiary/aromatic N) is 5. The van der Waals surface area contributed by atoms with E-state index < -0.39 is 30.2 Å². The highest BCUT2D eigenvalue weighted by Gasteiger charge is 2.24. The zero-order valence-corrected chi connectivity index (χ0v) is 31.5. The summed E-state index contributed by atoms with van der Waals surface area (Å²) in [7, 11) is 0. The molecule has 0 bridgehead atoms. The van der Waals surface area contributed by atoms with E-state index >= 15 is 0 Å². The topological polar surface area (TPSA) is 219 Å². The molecule has 5 N–H and O–H groups in total. The standard InChI is InChI=1S/C42H43N9O7/c43-23-11-25-44-38-37(49-58-50-38)39-47-33-16-7-8-18-35(33)51(39)26-36(52)31-19-21-32(22-20-31)46-40(53)34(48-42(55)57-28-30-14-5-2-6-15-30)17-9-10-24-45-41(54)56-27-29-12-3-1-4-13-29/h1-8,12-16,18-22,34,36,52H,9-11,17,24-28H2,(H,44,50)(H,45,54)(H,46,53)(H,48,55)/t34-,36?/m0/s1. The lowest BCUT2D eigenvalue weighted by atomic mass is 10.1. The number of hydrogen-bond acceptors (Lipinski definition) is 12. The van der Waals surface area contributed by atoms with E-state index in [9.17, 15) is 19.5 Å². The van der Waals surface area contributed by atoms with Crippen LogP contribution < -0.4 is 21.3 Å². The number of hydrogen-bond donors (Lipinski definition) is 5. The molecule has 6 aromatic rings. The number of carbonyl (C=O) groups excluding carboxylic acids is 3. The molecule has 16 nitrogen and oxygen atoms in total. The van der Waals surface area contributed by atoms with E-state index in [4.69, 9.17) is 24.3 Å². The highest BCUT2D eigenvalue weighted by molar-refractivity contribution is 5.96. The highest BCUT2D eigenvalue weighted by Crippen LogP contribution is 2.30. The number of amides is 3. The van der Waals surface area contributed by atoms with Gasteiger partial charge in [0, 0.05) is 18.8 Å². The molecule has 2 atom stereocenters. The van der Waals surface area contributed by atoms with E-state index in [1.165, 1.54) is 0 Å². The number of imidazole rings is 1. The zero-order valence-electron chi connectivity index (χ0n) is 31.5. The van der Waals surface area contributed by atoms with Gasteiger partial charge < -0.3 is 40.4 Å². The van der Waals surface area contributed by atoms with Crippen molar-refractivity contribution < 1.29 is 33.6 Å². The largest absolute Gasteiger partial charge is 0.445 e. The molecular formula is C42H43N9O7. The number of para-hydroxylation sites is 2. The Kier molecular flexibility index (Phi) is 14.4. The van der Waals surface area contributed by atoms with Crippen LogP contribution in [0.1, 0.15) is 48.5 Å². The number of aromatic nitrogens is 4. The third-order valence-corrected chi connectivity index (χ3v) is 9.03. The minimum atomic E-state index is -0.992. The molecule has 3 amide bonds. The summed E-state index contributed by atoms with van der Waals surface area (Å²) >= 11 is 0. The first kappa shape index (κ1) is 40.4. The molecule has 0 spiro atoms. The van der Waals surface area contributed by atoms with Gasteiger partial charge in [0.15, 0.2) is 11.5 Å². The molecule has 6 rings (SSSR count). The Hall–Kier alpha value is -7.25. The van der Waals surface area contributed by atoms with Crippen molar-refractivity contribution in [3.63, 3.8) is 0 Å². The second kappa shape index (κ2) is 20.6. The van der Waals surface area contributed by atoms with Crippen molar-refractivity contribution in [1.82, 2.24) is 30.5 Å². The lowest BCUT2D eigenvalue weighted by molar-refractivity contribution is -0.118.